The summed E-state index contributed by atoms with van der Waals surface area (Å²) < 4.78 is 28.3. The molecule has 0 bridgehead atoms. The zero-order valence-corrected chi connectivity index (χ0v) is 15.9. The topological polar surface area (TPSA) is 56.8 Å². The molecule has 1 atom stereocenters. The molecule has 1 saturated heterocycles. The van der Waals surface area contributed by atoms with Crippen molar-refractivity contribution in [1.82, 2.24) is 18.5 Å². The molecule has 0 amide bonds. The van der Waals surface area contributed by atoms with Gasteiger partial charge in [0.2, 0.25) is 0 Å². The number of hydrogen-bond donors (Lipinski definition) is 0. The molecule has 24 heavy (non-hydrogen) atoms. The first-order valence-electron chi connectivity index (χ1n) is 8.72. The molecule has 136 valence electrons. The van der Waals surface area contributed by atoms with Crippen LogP contribution in [0.1, 0.15) is 31.7 Å². The molecular formula is C17H30N4O2S. The van der Waals surface area contributed by atoms with Crippen molar-refractivity contribution in [2.24, 2.45) is 5.92 Å². The Bertz CT molecular complexity index is 594. The smallest absolute Gasteiger partial charge is 0.281 e. The van der Waals surface area contributed by atoms with Crippen LogP contribution in [0, 0.1) is 5.92 Å². The molecule has 0 radical (unpaired) electrons. The maximum Gasteiger partial charge on any atom is 0.281 e. The lowest BCUT2D eigenvalue weighted by Crippen LogP contribution is -2.41. The Labute approximate surface area is 146 Å². The summed E-state index contributed by atoms with van der Waals surface area (Å²) in [5, 5.41) is 0. The van der Waals surface area contributed by atoms with E-state index in [-0.39, 0.29) is 0 Å². The molecule has 0 saturated carbocycles. The van der Waals surface area contributed by atoms with E-state index in [1.807, 2.05) is 12.3 Å². The van der Waals surface area contributed by atoms with Crippen molar-refractivity contribution < 1.29 is 8.42 Å². The van der Waals surface area contributed by atoms with Crippen molar-refractivity contribution in [2.45, 2.75) is 32.7 Å². The van der Waals surface area contributed by atoms with Crippen molar-refractivity contribution in [3.63, 3.8) is 0 Å². The highest BCUT2D eigenvalue weighted by atomic mass is 32.2. The molecule has 1 aromatic heterocycles. The number of aromatic nitrogens is 1. The predicted octanol–water partition coefficient (Wildman–Crippen LogP) is 1.81. The van der Waals surface area contributed by atoms with E-state index in [9.17, 15) is 8.42 Å². The average molecular weight is 355 g/mol. The first-order valence-corrected chi connectivity index (χ1v) is 10.1. The van der Waals surface area contributed by atoms with Crippen LogP contribution >= 0.6 is 0 Å². The number of unbranched alkanes of at least 4 members (excludes halogenated alkanes) is 1. The van der Waals surface area contributed by atoms with Crippen LogP contribution in [-0.2, 0) is 16.8 Å². The molecule has 0 aliphatic carbocycles. The highest BCUT2D eigenvalue weighted by Gasteiger charge is 2.34. The molecule has 1 aromatic rings. The molecule has 1 aliphatic heterocycles. The van der Waals surface area contributed by atoms with E-state index in [4.69, 9.17) is 0 Å². The predicted molar refractivity (Wildman–Crippen MR) is 96.7 cm³/mol. The fraction of sp³-hybridized carbons (Fsp3) is 0.706. The summed E-state index contributed by atoms with van der Waals surface area (Å²) in [4.78, 5) is 6.39. The minimum Gasteiger partial charge on any atom is -0.302 e. The van der Waals surface area contributed by atoms with Crippen LogP contribution in [0.5, 0.6) is 0 Å². The van der Waals surface area contributed by atoms with Gasteiger partial charge in [-0.2, -0.15) is 17.0 Å². The first kappa shape index (κ1) is 19.3. The highest BCUT2D eigenvalue weighted by Crippen LogP contribution is 2.22. The van der Waals surface area contributed by atoms with Gasteiger partial charge in [-0.25, -0.2) is 0 Å². The molecule has 2 rings (SSSR count). The van der Waals surface area contributed by atoms with E-state index in [0.717, 1.165) is 32.4 Å². The van der Waals surface area contributed by atoms with E-state index in [1.54, 1.807) is 17.5 Å². The van der Waals surface area contributed by atoms with Crippen molar-refractivity contribution in [3.8, 4) is 0 Å². The second-order valence-electron chi connectivity index (χ2n) is 6.75. The zero-order chi connectivity index (χ0) is 17.6. The molecule has 1 fully saturated rings. The van der Waals surface area contributed by atoms with Gasteiger partial charge < -0.3 is 4.90 Å². The van der Waals surface area contributed by atoms with Gasteiger partial charge in [-0.05, 0) is 37.4 Å². The Kier molecular flexibility index (Phi) is 7.16. The fourth-order valence-electron chi connectivity index (χ4n) is 3.16. The van der Waals surface area contributed by atoms with Gasteiger partial charge in [-0.15, -0.1) is 0 Å². The largest absolute Gasteiger partial charge is 0.302 e. The second kappa shape index (κ2) is 8.89. The first-order chi connectivity index (χ1) is 11.4. The van der Waals surface area contributed by atoms with E-state index in [2.05, 4.69) is 29.9 Å². The minimum absolute atomic E-state index is 0.390. The van der Waals surface area contributed by atoms with Crippen LogP contribution in [0.15, 0.2) is 24.5 Å². The van der Waals surface area contributed by atoms with Gasteiger partial charge in [-0.3, -0.25) is 4.98 Å². The molecule has 1 aliphatic rings. The Morgan fingerprint density at radius 1 is 1.38 bits per heavy atom. The van der Waals surface area contributed by atoms with Crippen LogP contribution in [-0.4, -0.2) is 67.2 Å². The number of pyridine rings is 1. The maximum atomic E-state index is 12.6. The molecule has 1 unspecified atom stereocenters. The summed E-state index contributed by atoms with van der Waals surface area (Å²) in [5.41, 5.74) is 1.18. The molecular weight excluding hydrogens is 324 g/mol. The summed E-state index contributed by atoms with van der Waals surface area (Å²) in [6.07, 6.45) is 6.49. The summed E-state index contributed by atoms with van der Waals surface area (Å²) in [7, 11) is 0.468. The fourth-order valence-corrected chi connectivity index (χ4v) is 4.65. The summed E-state index contributed by atoms with van der Waals surface area (Å²) in [6, 6.07) is 4.01. The normalized spacial score (nSPS) is 19.5. The maximum absolute atomic E-state index is 12.6. The Hall–Kier alpha value is -1.02. The van der Waals surface area contributed by atoms with E-state index < -0.39 is 10.2 Å². The van der Waals surface area contributed by atoms with Gasteiger partial charge in [0.15, 0.2) is 0 Å². The van der Waals surface area contributed by atoms with E-state index >= 15 is 0 Å². The number of hydrogen-bond acceptors (Lipinski definition) is 4. The third-order valence-corrected chi connectivity index (χ3v) is 6.49. The Morgan fingerprint density at radius 2 is 2.17 bits per heavy atom. The van der Waals surface area contributed by atoms with Crippen molar-refractivity contribution >= 4 is 10.2 Å². The second-order valence-corrected chi connectivity index (χ2v) is 8.79. The quantitative estimate of drug-likeness (QED) is 0.679. The third kappa shape index (κ3) is 5.24. The lowest BCUT2D eigenvalue weighted by atomic mass is 10.1. The van der Waals surface area contributed by atoms with Gasteiger partial charge in [0.25, 0.3) is 10.2 Å². The van der Waals surface area contributed by atoms with Crippen molar-refractivity contribution in [1.29, 1.82) is 0 Å². The molecule has 7 heteroatoms. The van der Waals surface area contributed by atoms with Crippen LogP contribution < -0.4 is 0 Å². The SMILES string of the molecule is CCCCN(C)S(=O)(=O)N1CCC(CN(C)Cc2cccnc2)C1. The van der Waals surface area contributed by atoms with E-state index in [1.165, 1.54) is 9.87 Å². The minimum atomic E-state index is -3.30. The summed E-state index contributed by atoms with van der Waals surface area (Å²) in [6.45, 7) is 5.67. The van der Waals surface area contributed by atoms with Gasteiger partial charge in [-0.1, -0.05) is 19.4 Å². The lowest BCUT2D eigenvalue weighted by Gasteiger charge is -2.25. The molecule has 0 N–H and O–H groups in total. The van der Waals surface area contributed by atoms with Crippen molar-refractivity contribution in [3.05, 3.63) is 30.1 Å². The summed E-state index contributed by atoms with van der Waals surface area (Å²) >= 11 is 0. The van der Waals surface area contributed by atoms with Gasteiger partial charge in [0, 0.05) is 52.2 Å². The third-order valence-electron chi connectivity index (χ3n) is 4.54. The molecule has 0 spiro atoms. The number of rotatable bonds is 9. The Balaban J connectivity index is 1.84. The average Bonchev–Trinajstić information content (AvgIpc) is 3.02. The van der Waals surface area contributed by atoms with Gasteiger partial charge in [0.05, 0.1) is 0 Å². The molecule has 0 aromatic carbocycles. The van der Waals surface area contributed by atoms with Gasteiger partial charge >= 0.3 is 0 Å². The number of nitrogens with zero attached hydrogens (tertiary/aromatic N) is 4. The molecule has 2 heterocycles. The van der Waals surface area contributed by atoms with Crippen LogP contribution in [0.25, 0.3) is 0 Å². The molecule has 6 nitrogen and oxygen atoms in total. The Morgan fingerprint density at radius 3 is 2.83 bits per heavy atom. The van der Waals surface area contributed by atoms with Crippen molar-refractivity contribution in [2.75, 3.05) is 40.3 Å². The lowest BCUT2D eigenvalue weighted by molar-refractivity contribution is 0.271. The standard InChI is InChI=1S/C17H30N4O2S/c1-4-5-10-20(3)24(22,23)21-11-8-17(15-21)14-19(2)13-16-7-6-9-18-12-16/h6-7,9,12,17H,4-5,8,10-11,13-15H2,1-3H3. The van der Waals surface area contributed by atoms with Crippen LogP contribution in [0.4, 0.5) is 0 Å². The zero-order valence-electron chi connectivity index (χ0n) is 15.1. The monoisotopic (exact) mass is 354 g/mol. The van der Waals surface area contributed by atoms with Crippen LogP contribution in [0.2, 0.25) is 0 Å². The van der Waals surface area contributed by atoms with Crippen LogP contribution in [0.3, 0.4) is 0 Å². The summed E-state index contributed by atoms with van der Waals surface area (Å²) in [5.74, 6) is 0.390. The van der Waals surface area contributed by atoms with E-state index in [0.29, 0.717) is 25.6 Å². The van der Waals surface area contributed by atoms with Gasteiger partial charge in [0.1, 0.15) is 0 Å². The highest BCUT2D eigenvalue weighted by molar-refractivity contribution is 7.86.